The summed E-state index contributed by atoms with van der Waals surface area (Å²) in [6, 6.07) is 7.99. The number of halogens is 1. The molecule has 0 aliphatic carbocycles. The van der Waals surface area contributed by atoms with Crippen molar-refractivity contribution in [1.82, 2.24) is 10.6 Å². The zero-order valence-electron chi connectivity index (χ0n) is 10.7. The molecule has 1 unspecified atom stereocenters. The van der Waals surface area contributed by atoms with Crippen molar-refractivity contribution in [3.05, 3.63) is 28.7 Å². The third-order valence-corrected chi connectivity index (χ3v) is 3.99. The van der Waals surface area contributed by atoms with Crippen molar-refractivity contribution in [1.29, 1.82) is 0 Å². The molecule has 5 heteroatoms. The Morgan fingerprint density at radius 3 is 2.61 bits per heavy atom. The van der Waals surface area contributed by atoms with Gasteiger partial charge in [0, 0.05) is 22.5 Å². The van der Waals surface area contributed by atoms with Crippen LogP contribution in [0.5, 0.6) is 0 Å². The molecule has 0 bridgehead atoms. The highest BCUT2D eigenvalue weighted by Gasteiger charge is 2.13. The molecule has 1 amide bonds. The molecular weight excluding hydrogens is 312 g/mol. The van der Waals surface area contributed by atoms with E-state index in [0.29, 0.717) is 6.54 Å². The third-order valence-electron chi connectivity index (χ3n) is 2.35. The number of hydrogen-bond donors (Lipinski definition) is 2. The zero-order valence-corrected chi connectivity index (χ0v) is 13.1. The van der Waals surface area contributed by atoms with Gasteiger partial charge in [-0.05, 0) is 37.7 Å². The summed E-state index contributed by atoms with van der Waals surface area (Å²) in [6.45, 7) is 6.40. The van der Waals surface area contributed by atoms with Gasteiger partial charge in [-0.2, -0.15) is 0 Å². The minimum absolute atomic E-state index is 0.0761. The Balaban J connectivity index is 2.33. The van der Waals surface area contributed by atoms with E-state index in [1.807, 2.05) is 38.1 Å². The minimum atomic E-state index is -0.0761. The average Bonchev–Trinajstić information content (AvgIpc) is 2.37. The molecule has 0 heterocycles. The van der Waals surface area contributed by atoms with Gasteiger partial charge in [0.25, 0.3) is 0 Å². The molecule has 0 aliphatic heterocycles. The van der Waals surface area contributed by atoms with Crippen molar-refractivity contribution in [2.45, 2.75) is 24.0 Å². The first-order valence-corrected chi connectivity index (χ1v) is 7.71. The van der Waals surface area contributed by atoms with Gasteiger partial charge >= 0.3 is 0 Å². The largest absolute Gasteiger partial charge is 0.354 e. The SMILES string of the molecule is CCNCCNC(=O)C(C)Sc1ccc(Br)cc1. The van der Waals surface area contributed by atoms with Gasteiger partial charge in [-0.15, -0.1) is 11.8 Å². The molecule has 3 nitrogen and oxygen atoms in total. The Morgan fingerprint density at radius 1 is 1.33 bits per heavy atom. The molecule has 0 fully saturated rings. The second kappa shape index (κ2) is 8.56. The fourth-order valence-corrected chi connectivity index (χ4v) is 2.52. The van der Waals surface area contributed by atoms with Gasteiger partial charge in [-0.3, -0.25) is 4.79 Å². The molecule has 0 aliphatic rings. The molecule has 1 atom stereocenters. The lowest BCUT2D eigenvalue weighted by atomic mass is 10.4. The van der Waals surface area contributed by atoms with E-state index in [1.54, 1.807) is 11.8 Å². The predicted molar refractivity (Wildman–Crippen MR) is 81.0 cm³/mol. The summed E-state index contributed by atoms with van der Waals surface area (Å²) in [5.74, 6) is 0.0841. The number of rotatable bonds is 7. The summed E-state index contributed by atoms with van der Waals surface area (Å²) in [6.07, 6.45) is 0. The van der Waals surface area contributed by atoms with Gasteiger partial charge in [-0.1, -0.05) is 22.9 Å². The molecular formula is C13H19BrN2OS. The van der Waals surface area contributed by atoms with Crippen LogP contribution in [-0.2, 0) is 4.79 Å². The van der Waals surface area contributed by atoms with Gasteiger partial charge in [0.2, 0.25) is 5.91 Å². The van der Waals surface area contributed by atoms with Crippen molar-refractivity contribution in [3.63, 3.8) is 0 Å². The van der Waals surface area contributed by atoms with Crippen LogP contribution in [0.4, 0.5) is 0 Å². The number of hydrogen-bond acceptors (Lipinski definition) is 3. The summed E-state index contributed by atoms with van der Waals surface area (Å²) in [4.78, 5) is 12.9. The van der Waals surface area contributed by atoms with Crippen LogP contribution < -0.4 is 10.6 Å². The van der Waals surface area contributed by atoms with E-state index in [4.69, 9.17) is 0 Å². The smallest absolute Gasteiger partial charge is 0.233 e. The fraction of sp³-hybridized carbons (Fsp3) is 0.462. The van der Waals surface area contributed by atoms with Gasteiger partial charge in [-0.25, -0.2) is 0 Å². The molecule has 1 aromatic rings. The van der Waals surface area contributed by atoms with Crippen LogP contribution in [0.2, 0.25) is 0 Å². The van der Waals surface area contributed by atoms with Gasteiger partial charge < -0.3 is 10.6 Å². The lowest BCUT2D eigenvalue weighted by Crippen LogP contribution is -2.36. The second-order valence-corrected chi connectivity index (χ2v) is 6.19. The lowest BCUT2D eigenvalue weighted by Gasteiger charge is -2.12. The molecule has 1 aromatic carbocycles. The molecule has 0 radical (unpaired) electrons. The van der Waals surface area contributed by atoms with Crippen LogP contribution in [-0.4, -0.2) is 30.8 Å². The first-order valence-electron chi connectivity index (χ1n) is 6.04. The van der Waals surface area contributed by atoms with Crippen LogP contribution in [0.1, 0.15) is 13.8 Å². The van der Waals surface area contributed by atoms with Gasteiger partial charge in [0.1, 0.15) is 0 Å². The highest BCUT2D eigenvalue weighted by atomic mass is 79.9. The Labute approximate surface area is 121 Å². The summed E-state index contributed by atoms with van der Waals surface area (Å²) in [5, 5.41) is 6.01. The summed E-state index contributed by atoms with van der Waals surface area (Å²) in [5.41, 5.74) is 0. The average molecular weight is 331 g/mol. The van der Waals surface area contributed by atoms with Crippen molar-refractivity contribution in [3.8, 4) is 0 Å². The first kappa shape index (κ1) is 15.5. The molecule has 1 rings (SSSR count). The van der Waals surface area contributed by atoms with Crippen molar-refractivity contribution >= 4 is 33.6 Å². The minimum Gasteiger partial charge on any atom is -0.354 e. The number of carbonyl (C=O) groups is 1. The number of benzene rings is 1. The number of thioether (sulfide) groups is 1. The maximum absolute atomic E-state index is 11.8. The maximum Gasteiger partial charge on any atom is 0.233 e. The van der Waals surface area contributed by atoms with E-state index in [1.165, 1.54) is 0 Å². The van der Waals surface area contributed by atoms with E-state index in [2.05, 4.69) is 26.6 Å². The highest BCUT2D eigenvalue weighted by molar-refractivity contribution is 9.10. The van der Waals surface area contributed by atoms with Crippen LogP contribution in [0, 0.1) is 0 Å². The van der Waals surface area contributed by atoms with E-state index < -0.39 is 0 Å². The van der Waals surface area contributed by atoms with E-state index in [-0.39, 0.29) is 11.2 Å². The molecule has 100 valence electrons. The lowest BCUT2D eigenvalue weighted by molar-refractivity contribution is -0.120. The predicted octanol–water partition coefficient (Wildman–Crippen LogP) is 2.66. The molecule has 2 N–H and O–H groups in total. The number of nitrogens with one attached hydrogen (secondary N) is 2. The Kier molecular flexibility index (Phi) is 7.39. The maximum atomic E-state index is 11.8. The molecule has 0 spiro atoms. The number of carbonyl (C=O) groups excluding carboxylic acids is 1. The normalized spacial score (nSPS) is 12.2. The number of likely N-dealkylation sites (N-methyl/N-ethyl adjacent to an activating group) is 1. The Bertz CT molecular complexity index is 370. The van der Waals surface area contributed by atoms with Crippen molar-refractivity contribution < 1.29 is 4.79 Å². The first-order chi connectivity index (χ1) is 8.63. The van der Waals surface area contributed by atoms with Crippen LogP contribution >= 0.6 is 27.7 Å². The van der Waals surface area contributed by atoms with Crippen LogP contribution in [0.15, 0.2) is 33.6 Å². The van der Waals surface area contributed by atoms with Gasteiger partial charge in [0.05, 0.1) is 5.25 Å². The Morgan fingerprint density at radius 2 is 2.00 bits per heavy atom. The fourth-order valence-electron chi connectivity index (χ4n) is 1.37. The van der Waals surface area contributed by atoms with Crippen molar-refractivity contribution in [2.75, 3.05) is 19.6 Å². The molecule has 0 saturated heterocycles. The van der Waals surface area contributed by atoms with Crippen LogP contribution in [0.25, 0.3) is 0 Å². The summed E-state index contributed by atoms with van der Waals surface area (Å²) >= 11 is 4.96. The zero-order chi connectivity index (χ0) is 13.4. The molecule has 0 aromatic heterocycles. The topological polar surface area (TPSA) is 41.1 Å². The van der Waals surface area contributed by atoms with E-state index in [0.717, 1.165) is 22.5 Å². The molecule has 0 saturated carbocycles. The van der Waals surface area contributed by atoms with Crippen molar-refractivity contribution in [2.24, 2.45) is 0 Å². The highest BCUT2D eigenvalue weighted by Crippen LogP contribution is 2.24. The number of amides is 1. The summed E-state index contributed by atoms with van der Waals surface area (Å²) < 4.78 is 1.05. The monoisotopic (exact) mass is 330 g/mol. The van der Waals surface area contributed by atoms with Crippen LogP contribution in [0.3, 0.4) is 0 Å². The summed E-state index contributed by atoms with van der Waals surface area (Å²) in [7, 11) is 0. The Hall–Kier alpha value is -0.520. The second-order valence-electron chi connectivity index (χ2n) is 3.86. The molecule has 18 heavy (non-hydrogen) atoms. The van der Waals surface area contributed by atoms with E-state index in [9.17, 15) is 4.79 Å². The quantitative estimate of drug-likeness (QED) is 0.596. The third kappa shape index (κ3) is 5.89. The van der Waals surface area contributed by atoms with Gasteiger partial charge in [0.15, 0.2) is 0 Å². The van der Waals surface area contributed by atoms with E-state index >= 15 is 0 Å². The standard InChI is InChI=1S/C13H19BrN2OS/c1-3-15-8-9-16-13(17)10(2)18-12-6-4-11(14)5-7-12/h4-7,10,15H,3,8-9H2,1-2H3,(H,16,17).